The van der Waals surface area contributed by atoms with Gasteiger partial charge in [-0.2, -0.15) is 0 Å². The summed E-state index contributed by atoms with van der Waals surface area (Å²) in [7, 11) is 0. The Labute approximate surface area is 176 Å². The van der Waals surface area contributed by atoms with Crippen LogP contribution < -0.4 is 5.32 Å². The van der Waals surface area contributed by atoms with E-state index in [1.165, 1.54) is 0 Å². The fourth-order valence-electron chi connectivity index (χ4n) is 2.24. The highest BCUT2D eigenvalue weighted by Gasteiger charge is 2.36. The van der Waals surface area contributed by atoms with Crippen molar-refractivity contribution in [3.63, 3.8) is 0 Å². The molecule has 26 heavy (non-hydrogen) atoms. The lowest BCUT2D eigenvalue weighted by molar-refractivity contribution is -0.127. The quantitative estimate of drug-likeness (QED) is 0.448. The van der Waals surface area contributed by atoms with Crippen molar-refractivity contribution in [2.75, 3.05) is 11.9 Å². The van der Waals surface area contributed by atoms with Gasteiger partial charge in [0.2, 0.25) is 5.91 Å². The van der Waals surface area contributed by atoms with E-state index in [9.17, 15) is 14.4 Å². The Kier molecular flexibility index (Phi) is 6.15. The summed E-state index contributed by atoms with van der Waals surface area (Å²) in [6, 6.07) is 14.7. The fraction of sp³-hybridized carbons (Fsp3) is 0.0556. The van der Waals surface area contributed by atoms with Crippen molar-refractivity contribution in [3.8, 4) is 0 Å². The first-order chi connectivity index (χ1) is 12.4. The van der Waals surface area contributed by atoms with Crippen LogP contribution in [-0.2, 0) is 9.59 Å². The first-order valence-corrected chi connectivity index (χ1v) is 10.2. The number of imide groups is 1. The van der Waals surface area contributed by atoms with E-state index in [4.69, 9.17) is 0 Å². The predicted octanol–water partition coefficient (Wildman–Crippen LogP) is 4.73. The summed E-state index contributed by atoms with van der Waals surface area (Å²) in [5, 5.41) is 2.24. The first kappa shape index (κ1) is 19.1. The van der Waals surface area contributed by atoms with E-state index < -0.39 is 17.1 Å². The zero-order chi connectivity index (χ0) is 18.7. The van der Waals surface area contributed by atoms with E-state index in [0.29, 0.717) is 10.6 Å². The first-order valence-electron chi connectivity index (χ1n) is 7.49. The molecule has 0 radical (unpaired) electrons. The Morgan fingerprint density at radius 1 is 1.15 bits per heavy atom. The summed E-state index contributed by atoms with van der Waals surface area (Å²) in [5.41, 5.74) is 1.41. The summed E-state index contributed by atoms with van der Waals surface area (Å²) in [5.74, 6) is -0.893. The fourth-order valence-corrected chi connectivity index (χ4v) is 3.82. The van der Waals surface area contributed by atoms with Gasteiger partial charge in [0.15, 0.2) is 0 Å². The number of rotatable bonds is 4. The second kappa shape index (κ2) is 8.36. The summed E-state index contributed by atoms with van der Waals surface area (Å²) < 4.78 is 1.80. The maximum Gasteiger partial charge on any atom is 0.294 e. The highest BCUT2D eigenvalue weighted by atomic mass is 127. The topological polar surface area (TPSA) is 66.5 Å². The minimum Gasteiger partial charge on any atom is -0.324 e. The second-order valence-electron chi connectivity index (χ2n) is 5.35. The number of nitrogens with zero attached hydrogens (tertiary/aromatic N) is 1. The lowest BCUT2D eigenvalue weighted by atomic mass is 10.2. The lowest BCUT2D eigenvalue weighted by Crippen LogP contribution is -2.36. The molecule has 5 nitrogen and oxygen atoms in total. The smallest absolute Gasteiger partial charge is 0.294 e. The highest BCUT2D eigenvalue weighted by molar-refractivity contribution is 14.1. The number of carbonyl (C=O) groups excluding carboxylic acids is 3. The van der Waals surface area contributed by atoms with Gasteiger partial charge in [0.05, 0.1) is 10.6 Å². The maximum atomic E-state index is 12.5. The van der Waals surface area contributed by atoms with Crippen LogP contribution in [0.15, 0.2) is 57.9 Å². The number of hydrogen-bond acceptors (Lipinski definition) is 4. The maximum absolute atomic E-state index is 12.5. The predicted molar refractivity (Wildman–Crippen MR) is 115 cm³/mol. The molecule has 0 bridgehead atoms. The summed E-state index contributed by atoms with van der Waals surface area (Å²) in [6.07, 6.45) is 1.66. The monoisotopic (exact) mass is 542 g/mol. The second-order valence-corrected chi connectivity index (χ2v) is 8.44. The van der Waals surface area contributed by atoms with E-state index >= 15 is 0 Å². The van der Waals surface area contributed by atoms with E-state index in [1.807, 2.05) is 30.3 Å². The number of benzene rings is 2. The molecule has 0 atom stereocenters. The summed E-state index contributed by atoms with van der Waals surface area (Å²) in [6.45, 7) is -0.323. The van der Waals surface area contributed by atoms with Crippen molar-refractivity contribution in [2.45, 2.75) is 0 Å². The number of amides is 3. The van der Waals surface area contributed by atoms with Crippen LogP contribution in [-0.4, -0.2) is 28.5 Å². The zero-order valence-electron chi connectivity index (χ0n) is 13.2. The number of halogens is 2. The van der Waals surface area contributed by atoms with Gasteiger partial charge < -0.3 is 5.32 Å². The SMILES string of the molecule is O=C(CN1C(=O)S/C(=C\c2ccc(I)cc2)C1=O)Nc1ccccc1Br. The molecule has 1 saturated heterocycles. The standard InChI is InChI=1S/C18H12BrIN2O3S/c19-13-3-1-2-4-14(13)21-16(23)10-22-17(24)15(26-18(22)25)9-11-5-7-12(20)8-6-11/h1-9H,10H2,(H,21,23)/b15-9-. The van der Waals surface area contributed by atoms with Gasteiger partial charge in [0, 0.05) is 8.04 Å². The van der Waals surface area contributed by atoms with Crippen molar-refractivity contribution < 1.29 is 14.4 Å². The normalized spacial score (nSPS) is 15.6. The molecule has 1 fully saturated rings. The van der Waals surface area contributed by atoms with Crippen molar-refractivity contribution >= 4 is 79.1 Å². The molecule has 0 unspecified atom stereocenters. The number of nitrogens with one attached hydrogen (secondary N) is 1. The van der Waals surface area contributed by atoms with Crippen LogP contribution in [0.25, 0.3) is 6.08 Å². The van der Waals surface area contributed by atoms with E-state index in [1.54, 1.807) is 24.3 Å². The van der Waals surface area contributed by atoms with E-state index in [-0.39, 0.29) is 6.54 Å². The third-order valence-electron chi connectivity index (χ3n) is 3.49. The van der Waals surface area contributed by atoms with Crippen LogP contribution in [0, 0.1) is 3.57 Å². The van der Waals surface area contributed by atoms with Gasteiger partial charge in [-0.15, -0.1) is 0 Å². The number of para-hydroxylation sites is 1. The van der Waals surface area contributed by atoms with E-state index in [2.05, 4.69) is 43.8 Å². The minimum atomic E-state index is -0.458. The molecule has 0 aliphatic carbocycles. The van der Waals surface area contributed by atoms with Gasteiger partial charge in [-0.25, -0.2) is 0 Å². The van der Waals surface area contributed by atoms with Crippen molar-refractivity contribution in [2.24, 2.45) is 0 Å². The molecule has 8 heteroatoms. The van der Waals surface area contributed by atoms with Gasteiger partial charge in [-0.3, -0.25) is 19.3 Å². The number of carbonyl (C=O) groups is 3. The Balaban J connectivity index is 1.70. The third kappa shape index (κ3) is 4.54. The Morgan fingerprint density at radius 2 is 1.85 bits per heavy atom. The number of hydrogen-bond donors (Lipinski definition) is 1. The average Bonchev–Trinajstić information content (AvgIpc) is 2.86. The molecule has 3 rings (SSSR count). The molecule has 1 heterocycles. The van der Waals surface area contributed by atoms with E-state index in [0.717, 1.165) is 30.3 Å². The van der Waals surface area contributed by atoms with Crippen LogP contribution in [0.4, 0.5) is 10.5 Å². The Hall–Kier alpha value is -1.65. The lowest BCUT2D eigenvalue weighted by Gasteiger charge is -2.13. The molecule has 0 spiro atoms. The molecule has 0 aromatic heterocycles. The molecular weight excluding hydrogens is 531 g/mol. The van der Waals surface area contributed by atoms with Gasteiger partial charge in [0.25, 0.3) is 11.1 Å². The average molecular weight is 543 g/mol. The highest BCUT2D eigenvalue weighted by Crippen LogP contribution is 2.32. The van der Waals surface area contributed by atoms with Crippen LogP contribution in [0.1, 0.15) is 5.56 Å². The molecule has 2 aromatic carbocycles. The molecule has 1 N–H and O–H groups in total. The van der Waals surface area contributed by atoms with Gasteiger partial charge in [-0.1, -0.05) is 24.3 Å². The molecule has 2 aromatic rings. The molecule has 0 saturated carbocycles. The van der Waals surface area contributed by atoms with Crippen molar-refractivity contribution in [1.29, 1.82) is 0 Å². The molecule has 1 aliphatic rings. The Morgan fingerprint density at radius 3 is 2.54 bits per heavy atom. The van der Waals surface area contributed by atoms with Gasteiger partial charge >= 0.3 is 0 Å². The summed E-state index contributed by atoms with van der Waals surface area (Å²) in [4.78, 5) is 38.1. The van der Waals surface area contributed by atoms with Gasteiger partial charge in [-0.05, 0) is 86.2 Å². The molecular formula is C18H12BrIN2O3S. The van der Waals surface area contributed by atoms with Crippen LogP contribution >= 0.6 is 50.3 Å². The molecule has 1 aliphatic heterocycles. The van der Waals surface area contributed by atoms with Crippen molar-refractivity contribution in [3.05, 3.63) is 67.0 Å². The summed E-state index contributed by atoms with van der Waals surface area (Å²) >= 11 is 6.37. The molecule has 132 valence electrons. The van der Waals surface area contributed by atoms with Gasteiger partial charge in [0.1, 0.15) is 6.54 Å². The number of thioether (sulfide) groups is 1. The zero-order valence-corrected chi connectivity index (χ0v) is 17.8. The third-order valence-corrected chi connectivity index (χ3v) is 5.81. The molecule has 3 amide bonds. The van der Waals surface area contributed by atoms with Crippen LogP contribution in [0.3, 0.4) is 0 Å². The minimum absolute atomic E-state index is 0.310. The largest absolute Gasteiger partial charge is 0.324 e. The Bertz CT molecular complexity index is 915. The van der Waals surface area contributed by atoms with Crippen LogP contribution in [0.5, 0.6) is 0 Å². The number of anilines is 1. The van der Waals surface area contributed by atoms with Crippen molar-refractivity contribution in [1.82, 2.24) is 4.90 Å². The van der Waals surface area contributed by atoms with Crippen LogP contribution in [0.2, 0.25) is 0 Å².